The van der Waals surface area contributed by atoms with E-state index in [1.807, 2.05) is 24.3 Å². The molecule has 20 heavy (non-hydrogen) atoms. The van der Waals surface area contributed by atoms with E-state index in [9.17, 15) is 5.11 Å². The lowest BCUT2D eigenvalue weighted by molar-refractivity contribution is 0.00192. The van der Waals surface area contributed by atoms with E-state index in [0.29, 0.717) is 12.6 Å². The lowest BCUT2D eigenvalue weighted by Crippen LogP contribution is -2.40. The predicted molar refractivity (Wildman–Crippen MR) is 79.7 cm³/mol. The van der Waals surface area contributed by atoms with E-state index < -0.39 is 5.60 Å². The summed E-state index contributed by atoms with van der Waals surface area (Å²) in [7, 11) is 0. The third-order valence-corrected chi connectivity index (χ3v) is 4.48. The Bertz CT molecular complexity index is 538. The molecule has 0 radical (unpaired) electrons. The summed E-state index contributed by atoms with van der Waals surface area (Å²) in [5.74, 6) is 0.777. The fourth-order valence-electron chi connectivity index (χ4n) is 2.99. The molecule has 3 rings (SSSR count). The number of hydrogen-bond acceptors (Lipinski definition) is 4. The van der Waals surface area contributed by atoms with Crippen LogP contribution in [0.1, 0.15) is 39.0 Å². The first-order chi connectivity index (χ1) is 9.68. The van der Waals surface area contributed by atoms with Crippen molar-refractivity contribution in [3.05, 3.63) is 24.3 Å². The van der Waals surface area contributed by atoms with E-state index in [1.54, 1.807) is 0 Å². The zero-order valence-corrected chi connectivity index (χ0v) is 11.9. The van der Waals surface area contributed by atoms with Gasteiger partial charge in [0.1, 0.15) is 5.52 Å². The second kappa shape index (κ2) is 5.44. The van der Waals surface area contributed by atoms with Gasteiger partial charge in [-0.3, -0.25) is 0 Å². The van der Waals surface area contributed by atoms with Gasteiger partial charge in [0, 0.05) is 6.54 Å². The van der Waals surface area contributed by atoms with Crippen molar-refractivity contribution in [2.45, 2.75) is 44.6 Å². The third-order valence-electron chi connectivity index (χ3n) is 4.48. The van der Waals surface area contributed by atoms with Gasteiger partial charge in [-0.2, -0.15) is 4.98 Å². The second-order valence-electron chi connectivity index (χ2n) is 5.92. The molecule has 4 heteroatoms. The van der Waals surface area contributed by atoms with Crippen molar-refractivity contribution in [2.24, 2.45) is 5.92 Å². The van der Waals surface area contributed by atoms with E-state index >= 15 is 0 Å². The average molecular weight is 274 g/mol. The molecule has 1 aromatic heterocycles. The summed E-state index contributed by atoms with van der Waals surface area (Å²) in [6.07, 6.45) is 5.16. The Kier molecular flexibility index (Phi) is 3.66. The highest BCUT2D eigenvalue weighted by atomic mass is 16.4. The molecule has 0 atom stereocenters. The molecule has 1 aliphatic rings. The van der Waals surface area contributed by atoms with Gasteiger partial charge in [-0.15, -0.1) is 0 Å². The Balaban J connectivity index is 1.61. The molecule has 2 aromatic rings. The quantitative estimate of drug-likeness (QED) is 0.894. The minimum absolute atomic E-state index is 0.497. The van der Waals surface area contributed by atoms with Crippen LogP contribution in [-0.4, -0.2) is 22.2 Å². The van der Waals surface area contributed by atoms with Gasteiger partial charge in [0.25, 0.3) is 6.01 Å². The van der Waals surface area contributed by atoms with Gasteiger partial charge in [0.2, 0.25) is 0 Å². The first kappa shape index (κ1) is 13.4. The number of aliphatic hydroxyl groups is 1. The van der Waals surface area contributed by atoms with Crippen molar-refractivity contribution < 1.29 is 9.52 Å². The minimum atomic E-state index is -0.619. The van der Waals surface area contributed by atoms with Crippen molar-refractivity contribution in [2.75, 3.05) is 11.9 Å². The van der Waals surface area contributed by atoms with Crippen LogP contribution in [0.5, 0.6) is 0 Å². The molecule has 0 unspecified atom stereocenters. The number of para-hydroxylation sites is 2. The summed E-state index contributed by atoms with van der Waals surface area (Å²) >= 11 is 0. The summed E-state index contributed by atoms with van der Waals surface area (Å²) in [4.78, 5) is 4.37. The van der Waals surface area contributed by atoms with Crippen molar-refractivity contribution in [1.29, 1.82) is 0 Å². The topological polar surface area (TPSA) is 58.3 Å². The maximum absolute atomic E-state index is 10.6. The van der Waals surface area contributed by atoms with Crippen LogP contribution in [0.3, 0.4) is 0 Å². The number of oxazole rings is 1. The predicted octanol–water partition coefficient (Wildman–Crippen LogP) is 3.57. The molecule has 4 nitrogen and oxygen atoms in total. The SMILES string of the molecule is CCC1CCC(O)(CNc2nc3ccccc3o2)CC1. The molecule has 0 amide bonds. The molecule has 1 heterocycles. The van der Waals surface area contributed by atoms with Gasteiger partial charge in [-0.05, 0) is 43.7 Å². The number of hydrogen-bond donors (Lipinski definition) is 2. The normalized spacial score (nSPS) is 26.8. The Hall–Kier alpha value is -1.55. The molecule has 1 aliphatic carbocycles. The molecule has 1 saturated carbocycles. The van der Waals surface area contributed by atoms with E-state index in [0.717, 1.165) is 42.7 Å². The molecule has 0 aliphatic heterocycles. The van der Waals surface area contributed by atoms with Crippen LogP contribution in [0.2, 0.25) is 0 Å². The summed E-state index contributed by atoms with van der Waals surface area (Å²) in [5, 5.41) is 13.7. The Morgan fingerprint density at radius 2 is 2.10 bits per heavy atom. The highest BCUT2D eigenvalue weighted by molar-refractivity contribution is 5.74. The average Bonchev–Trinajstić information content (AvgIpc) is 2.89. The first-order valence-corrected chi connectivity index (χ1v) is 7.50. The molecular weight excluding hydrogens is 252 g/mol. The summed E-state index contributed by atoms with van der Waals surface area (Å²) in [6.45, 7) is 2.74. The molecule has 2 N–H and O–H groups in total. The standard InChI is InChI=1S/C16H22N2O2/c1-2-12-7-9-16(19,10-8-12)11-17-15-18-13-5-3-4-6-14(13)20-15/h3-6,12,19H,2,7-11H2,1H3,(H,17,18). The largest absolute Gasteiger partial charge is 0.424 e. The number of benzene rings is 1. The van der Waals surface area contributed by atoms with Gasteiger partial charge in [-0.25, -0.2) is 0 Å². The van der Waals surface area contributed by atoms with Gasteiger partial charge in [0.15, 0.2) is 5.58 Å². The monoisotopic (exact) mass is 274 g/mol. The summed E-state index contributed by atoms with van der Waals surface area (Å²) < 4.78 is 5.61. The maximum Gasteiger partial charge on any atom is 0.295 e. The number of aromatic nitrogens is 1. The highest BCUT2D eigenvalue weighted by Crippen LogP contribution is 2.33. The smallest absolute Gasteiger partial charge is 0.295 e. The van der Waals surface area contributed by atoms with E-state index in [2.05, 4.69) is 17.2 Å². The van der Waals surface area contributed by atoms with Crippen molar-refractivity contribution >= 4 is 17.1 Å². The fraction of sp³-hybridized carbons (Fsp3) is 0.562. The number of fused-ring (bicyclic) bond motifs is 1. The summed E-state index contributed by atoms with van der Waals surface area (Å²) in [6, 6.07) is 8.18. The van der Waals surface area contributed by atoms with Crippen molar-refractivity contribution in [3.63, 3.8) is 0 Å². The van der Waals surface area contributed by atoms with Crippen LogP contribution in [-0.2, 0) is 0 Å². The minimum Gasteiger partial charge on any atom is -0.424 e. The third kappa shape index (κ3) is 2.80. The Morgan fingerprint density at radius 1 is 1.35 bits per heavy atom. The fourth-order valence-corrected chi connectivity index (χ4v) is 2.99. The zero-order valence-electron chi connectivity index (χ0n) is 11.9. The van der Waals surface area contributed by atoms with Crippen LogP contribution < -0.4 is 5.32 Å². The van der Waals surface area contributed by atoms with Crippen molar-refractivity contribution in [3.8, 4) is 0 Å². The second-order valence-corrected chi connectivity index (χ2v) is 5.92. The van der Waals surface area contributed by atoms with Crippen molar-refractivity contribution in [1.82, 2.24) is 4.98 Å². The molecule has 0 bridgehead atoms. The van der Waals surface area contributed by atoms with Crippen LogP contribution in [0, 0.1) is 5.92 Å². The molecule has 0 spiro atoms. The molecule has 108 valence electrons. The lowest BCUT2D eigenvalue weighted by Gasteiger charge is -2.35. The van der Waals surface area contributed by atoms with Crippen LogP contribution in [0.15, 0.2) is 28.7 Å². The first-order valence-electron chi connectivity index (χ1n) is 7.50. The van der Waals surface area contributed by atoms with Crippen LogP contribution >= 0.6 is 0 Å². The molecule has 1 fully saturated rings. The molecular formula is C16H22N2O2. The van der Waals surface area contributed by atoms with E-state index in [4.69, 9.17) is 4.42 Å². The van der Waals surface area contributed by atoms with E-state index in [-0.39, 0.29) is 0 Å². The van der Waals surface area contributed by atoms with Gasteiger partial charge in [0.05, 0.1) is 5.60 Å². The van der Waals surface area contributed by atoms with Gasteiger partial charge >= 0.3 is 0 Å². The summed E-state index contributed by atoms with van der Waals surface area (Å²) in [5.41, 5.74) is 1.00. The molecule has 1 aromatic carbocycles. The van der Waals surface area contributed by atoms with Gasteiger partial charge in [-0.1, -0.05) is 25.5 Å². The van der Waals surface area contributed by atoms with Crippen LogP contribution in [0.25, 0.3) is 11.1 Å². The number of nitrogens with zero attached hydrogens (tertiary/aromatic N) is 1. The number of nitrogens with one attached hydrogen (secondary N) is 1. The van der Waals surface area contributed by atoms with Crippen LogP contribution in [0.4, 0.5) is 6.01 Å². The number of anilines is 1. The lowest BCUT2D eigenvalue weighted by atomic mass is 9.78. The number of rotatable bonds is 4. The van der Waals surface area contributed by atoms with E-state index in [1.165, 1.54) is 6.42 Å². The Labute approximate surface area is 119 Å². The zero-order chi connectivity index (χ0) is 14.0. The molecule has 0 saturated heterocycles. The highest BCUT2D eigenvalue weighted by Gasteiger charge is 2.32. The maximum atomic E-state index is 10.6. The van der Waals surface area contributed by atoms with Gasteiger partial charge < -0.3 is 14.8 Å². The Morgan fingerprint density at radius 3 is 2.80 bits per heavy atom.